The van der Waals surface area contributed by atoms with Crippen LogP contribution in [0.1, 0.15) is 35.7 Å². The molecule has 2 amide bonds. The van der Waals surface area contributed by atoms with Crippen molar-refractivity contribution < 1.29 is 9.59 Å². The van der Waals surface area contributed by atoms with E-state index in [4.69, 9.17) is 0 Å². The van der Waals surface area contributed by atoms with E-state index in [1.165, 1.54) is 0 Å². The van der Waals surface area contributed by atoms with E-state index in [0.717, 1.165) is 36.0 Å². The van der Waals surface area contributed by atoms with Gasteiger partial charge in [-0.1, -0.05) is 6.07 Å². The van der Waals surface area contributed by atoms with Crippen LogP contribution < -0.4 is 4.90 Å². The van der Waals surface area contributed by atoms with Gasteiger partial charge in [-0.3, -0.25) is 19.3 Å². The summed E-state index contributed by atoms with van der Waals surface area (Å²) in [6.07, 6.45) is 7.81. The Morgan fingerprint density at radius 3 is 2.96 bits per heavy atom. The number of pyridine rings is 1. The van der Waals surface area contributed by atoms with Gasteiger partial charge in [-0.05, 0) is 37.1 Å². The molecule has 4 heterocycles. The van der Waals surface area contributed by atoms with Crippen LogP contribution in [-0.2, 0) is 4.79 Å². The molecule has 0 spiro atoms. The van der Waals surface area contributed by atoms with Crippen LogP contribution in [0.15, 0.2) is 48.9 Å². The fourth-order valence-corrected chi connectivity index (χ4v) is 4.12. The first-order valence-electron chi connectivity index (χ1n) is 9.67. The van der Waals surface area contributed by atoms with Crippen LogP contribution in [0.2, 0.25) is 0 Å². The molecule has 2 aromatic heterocycles. The van der Waals surface area contributed by atoms with Crippen LogP contribution >= 0.6 is 0 Å². The summed E-state index contributed by atoms with van der Waals surface area (Å²) in [6.45, 7) is 2.09. The van der Waals surface area contributed by atoms with Gasteiger partial charge < -0.3 is 9.80 Å². The first-order chi connectivity index (χ1) is 13.7. The number of likely N-dealkylation sites (tertiary alicyclic amines) is 1. The number of carbonyl (C=O) groups is 2. The second kappa shape index (κ2) is 6.74. The van der Waals surface area contributed by atoms with Gasteiger partial charge in [0.2, 0.25) is 5.91 Å². The van der Waals surface area contributed by atoms with Gasteiger partial charge in [0.25, 0.3) is 5.91 Å². The molecular formula is C21H21N5O2. The zero-order valence-electron chi connectivity index (χ0n) is 15.5. The van der Waals surface area contributed by atoms with Crippen LogP contribution in [0.25, 0.3) is 10.9 Å². The topological polar surface area (TPSA) is 71.3 Å². The van der Waals surface area contributed by atoms with Gasteiger partial charge in [-0.15, -0.1) is 0 Å². The Kier molecular flexibility index (Phi) is 4.07. The summed E-state index contributed by atoms with van der Waals surface area (Å²) in [5.74, 6) is 0.198. The lowest BCUT2D eigenvalue weighted by atomic mass is 10.1. The Balaban J connectivity index is 1.30. The molecule has 2 saturated heterocycles. The number of nitrogens with zero attached hydrogens (tertiary/aromatic N) is 5. The molecule has 1 atom stereocenters. The summed E-state index contributed by atoms with van der Waals surface area (Å²) in [7, 11) is 0. The number of benzene rings is 1. The molecule has 0 saturated carbocycles. The maximum Gasteiger partial charge on any atom is 0.253 e. The third-order valence-electron chi connectivity index (χ3n) is 5.65. The van der Waals surface area contributed by atoms with E-state index >= 15 is 0 Å². The lowest BCUT2D eigenvalue weighted by molar-refractivity contribution is -0.117. The average molecular weight is 375 g/mol. The summed E-state index contributed by atoms with van der Waals surface area (Å²) < 4.78 is 1.90. The molecule has 7 heteroatoms. The van der Waals surface area contributed by atoms with Gasteiger partial charge in [0.15, 0.2) is 0 Å². The van der Waals surface area contributed by atoms with Crippen molar-refractivity contribution >= 4 is 28.4 Å². The van der Waals surface area contributed by atoms with Crippen molar-refractivity contribution in [2.45, 2.75) is 25.3 Å². The Labute approximate surface area is 162 Å². The number of amides is 2. The van der Waals surface area contributed by atoms with Gasteiger partial charge in [0.1, 0.15) is 0 Å². The van der Waals surface area contributed by atoms with Crippen LogP contribution in [0.5, 0.6) is 0 Å². The zero-order chi connectivity index (χ0) is 19.1. The molecule has 28 heavy (non-hydrogen) atoms. The second-order valence-electron chi connectivity index (χ2n) is 7.43. The fraction of sp³-hybridized carbons (Fsp3) is 0.333. The molecule has 0 aliphatic carbocycles. The maximum absolute atomic E-state index is 12.9. The lowest BCUT2D eigenvalue weighted by Crippen LogP contribution is -2.29. The zero-order valence-corrected chi connectivity index (χ0v) is 15.5. The maximum atomic E-state index is 12.9. The molecule has 5 rings (SSSR count). The molecule has 0 N–H and O–H groups in total. The number of aromatic nitrogens is 3. The highest BCUT2D eigenvalue weighted by atomic mass is 16.2. The Morgan fingerprint density at radius 1 is 1.18 bits per heavy atom. The number of hydrogen-bond donors (Lipinski definition) is 0. The van der Waals surface area contributed by atoms with Crippen molar-refractivity contribution in [3.05, 3.63) is 54.5 Å². The Morgan fingerprint density at radius 2 is 2.11 bits per heavy atom. The van der Waals surface area contributed by atoms with Crippen molar-refractivity contribution in [1.29, 1.82) is 0 Å². The number of carbonyl (C=O) groups excluding carboxylic acids is 2. The summed E-state index contributed by atoms with van der Waals surface area (Å²) in [5.41, 5.74) is 2.43. The van der Waals surface area contributed by atoms with Gasteiger partial charge in [-0.2, -0.15) is 5.10 Å². The molecular weight excluding hydrogens is 354 g/mol. The van der Waals surface area contributed by atoms with Crippen molar-refractivity contribution in [2.24, 2.45) is 0 Å². The quantitative estimate of drug-likeness (QED) is 0.706. The number of rotatable bonds is 3. The van der Waals surface area contributed by atoms with E-state index in [2.05, 4.69) is 10.1 Å². The minimum absolute atomic E-state index is 0.0374. The summed E-state index contributed by atoms with van der Waals surface area (Å²) in [5, 5.41) is 5.43. The normalized spacial score (nSPS) is 19.7. The summed E-state index contributed by atoms with van der Waals surface area (Å²) >= 11 is 0. The van der Waals surface area contributed by atoms with E-state index in [1.807, 2.05) is 46.1 Å². The molecule has 142 valence electrons. The van der Waals surface area contributed by atoms with Crippen LogP contribution in [0.3, 0.4) is 0 Å². The fourth-order valence-electron chi connectivity index (χ4n) is 4.12. The third kappa shape index (κ3) is 2.93. The van der Waals surface area contributed by atoms with Crippen LogP contribution in [-0.4, -0.2) is 51.1 Å². The van der Waals surface area contributed by atoms with Crippen molar-refractivity contribution in [2.75, 3.05) is 24.5 Å². The highest BCUT2D eigenvalue weighted by Crippen LogP contribution is 2.27. The van der Waals surface area contributed by atoms with E-state index in [9.17, 15) is 9.59 Å². The van der Waals surface area contributed by atoms with Crippen molar-refractivity contribution in [1.82, 2.24) is 19.7 Å². The summed E-state index contributed by atoms with van der Waals surface area (Å²) in [4.78, 5) is 32.9. The molecule has 2 aliphatic heterocycles. The highest BCUT2D eigenvalue weighted by molar-refractivity contribution is 5.98. The molecule has 0 bridgehead atoms. The smallest absolute Gasteiger partial charge is 0.253 e. The first kappa shape index (κ1) is 16.9. The average Bonchev–Trinajstić information content (AvgIpc) is 3.47. The monoisotopic (exact) mass is 375 g/mol. The molecule has 0 radical (unpaired) electrons. The third-order valence-corrected chi connectivity index (χ3v) is 5.65. The van der Waals surface area contributed by atoms with E-state index < -0.39 is 0 Å². The van der Waals surface area contributed by atoms with E-state index in [0.29, 0.717) is 25.1 Å². The first-order valence-corrected chi connectivity index (χ1v) is 9.67. The van der Waals surface area contributed by atoms with Crippen LogP contribution in [0.4, 0.5) is 5.69 Å². The molecule has 3 aromatic rings. The SMILES string of the molecule is O=C(c1ccc2ncccc2c1)N1CCC(n2cc(N3CCCC3=O)cn2)C1. The van der Waals surface area contributed by atoms with Gasteiger partial charge >= 0.3 is 0 Å². The molecule has 2 fully saturated rings. The molecule has 1 aromatic carbocycles. The predicted octanol–water partition coefficient (Wildman–Crippen LogP) is 2.65. The number of fused-ring (bicyclic) bond motifs is 1. The number of hydrogen-bond acceptors (Lipinski definition) is 4. The van der Waals surface area contributed by atoms with Gasteiger partial charge in [-0.25, -0.2) is 0 Å². The largest absolute Gasteiger partial charge is 0.336 e. The molecule has 7 nitrogen and oxygen atoms in total. The van der Waals surface area contributed by atoms with Crippen molar-refractivity contribution in [3.63, 3.8) is 0 Å². The van der Waals surface area contributed by atoms with Crippen molar-refractivity contribution in [3.8, 4) is 0 Å². The molecule has 1 unspecified atom stereocenters. The highest BCUT2D eigenvalue weighted by Gasteiger charge is 2.30. The minimum Gasteiger partial charge on any atom is -0.336 e. The van der Waals surface area contributed by atoms with Gasteiger partial charge in [0, 0.05) is 49.4 Å². The van der Waals surface area contributed by atoms with Crippen LogP contribution in [0, 0.1) is 0 Å². The Bertz CT molecular complexity index is 1060. The number of anilines is 1. The summed E-state index contributed by atoms with van der Waals surface area (Å²) in [6, 6.07) is 9.62. The van der Waals surface area contributed by atoms with E-state index in [1.54, 1.807) is 17.3 Å². The molecule has 2 aliphatic rings. The minimum atomic E-state index is 0.0374. The predicted molar refractivity (Wildman–Crippen MR) is 105 cm³/mol. The standard InChI is InChI=1S/C21H21N5O2/c27-20-4-2-9-25(20)18-12-23-26(14-18)17-7-10-24(13-17)21(28)16-5-6-19-15(11-16)3-1-8-22-19/h1,3,5-6,8,11-12,14,17H,2,4,7,9-10,13H2. The van der Waals surface area contributed by atoms with Gasteiger partial charge in [0.05, 0.1) is 23.4 Å². The lowest BCUT2D eigenvalue weighted by Gasteiger charge is -2.17. The van der Waals surface area contributed by atoms with E-state index in [-0.39, 0.29) is 17.9 Å². The second-order valence-corrected chi connectivity index (χ2v) is 7.43. The Hall–Kier alpha value is -3.22.